The average Bonchev–Trinajstić information content (AvgIpc) is 2.83. The van der Waals surface area contributed by atoms with Gasteiger partial charge in [0.05, 0.1) is 12.3 Å². The predicted molar refractivity (Wildman–Crippen MR) is 69.6 cm³/mol. The number of hydrogen-bond donors (Lipinski definition) is 1. The highest BCUT2D eigenvalue weighted by molar-refractivity contribution is 7.98. The van der Waals surface area contributed by atoms with Gasteiger partial charge in [-0.15, -0.1) is 0 Å². The van der Waals surface area contributed by atoms with Crippen molar-refractivity contribution >= 4 is 11.8 Å². The quantitative estimate of drug-likeness (QED) is 0.795. The van der Waals surface area contributed by atoms with E-state index in [2.05, 4.69) is 17.5 Å². The summed E-state index contributed by atoms with van der Waals surface area (Å²) in [6.45, 7) is 0.665. The lowest BCUT2D eigenvalue weighted by molar-refractivity contribution is 0.251. The second kappa shape index (κ2) is 6.95. The molecule has 18 heavy (non-hydrogen) atoms. The monoisotopic (exact) mass is 273 g/mol. The third kappa shape index (κ3) is 4.46. The SMILES string of the molecule is FC(F)SCc1ccc(CNC2CC=CCC2)o1. The molecular formula is C13H17F2NOS. The van der Waals surface area contributed by atoms with Crippen LogP contribution < -0.4 is 5.32 Å². The van der Waals surface area contributed by atoms with Gasteiger partial charge < -0.3 is 9.73 Å². The maximum absolute atomic E-state index is 12.0. The van der Waals surface area contributed by atoms with Gasteiger partial charge in [-0.25, -0.2) is 0 Å². The lowest BCUT2D eigenvalue weighted by Gasteiger charge is -2.18. The number of rotatable bonds is 6. The molecule has 2 nitrogen and oxygen atoms in total. The first-order valence-corrected chi connectivity index (χ1v) is 7.14. The van der Waals surface area contributed by atoms with Crippen LogP contribution in [0.15, 0.2) is 28.7 Å². The van der Waals surface area contributed by atoms with Crippen LogP contribution in [0, 0.1) is 0 Å². The van der Waals surface area contributed by atoms with Crippen molar-refractivity contribution in [1.82, 2.24) is 5.32 Å². The van der Waals surface area contributed by atoms with Crippen molar-refractivity contribution in [3.05, 3.63) is 35.8 Å². The molecule has 100 valence electrons. The van der Waals surface area contributed by atoms with Crippen molar-refractivity contribution in [3.8, 4) is 0 Å². The third-order valence-corrected chi connectivity index (χ3v) is 3.61. The molecule has 1 unspecified atom stereocenters. The zero-order valence-corrected chi connectivity index (χ0v) is 10.9. The van der Waals surface area contributed by atoms with E-state index in [0.717, 1.165) is 25.0 Å². The maximum atomic E-state index is 12.0. The van der Waals surface area contributed by atoms with Crippen LogP contribution in [0.2, 0.25) is 0 Å². The van der Waals surface area contributed by atoms with Crippen molar-refractivity contribution < 1.29 is 13.2 Å². The van der Waals surface area contributed by atoms with Crippen molar-refractivity contribution in [2.45, 2.75) is 43.4 Å². The Kier molecular flexibility index (Phi) is 5.26. The van der Waals surface area contributed by atoms with Crippen molar-refractivity contribution in [3.63, 3.8) is 0 Å². The van der Waals surface area contributed by atoms with Gasteiger partial charge in [-0.3, -0.25) is 0 Å². The number of thioether (sulfide) groups is 1. The van der Waals surface area contributed by atoms with E-state index in [0.29, 0.717) is 30.1 Å². The van der Waals surface area contributed by atoms with Gasteiger partial charge in [0.25, 0.3) is 5.76 Å². The largest absolute Gasteiger partial charge is 0.464 e. The minimum atomic E-state index is -2.34. The fourth-order valence-corrected chi connectivity index (χ4v) is 2.41. The maximum Gasteiger partial charge on any atom is 0.284 e. The van der Waals surface area contributed by atoms with Gasteiger partial charge in [-0.05, 0) is 31.4 Å². The lowest BCUT2D eigenvalue weighted by atomic mass is 10.0. The summed E-state index contributed by atoms with van der Waals surface area (Å²) in [5.74, 6) is -0.690. The summed E-state index contributed by atoms with van der Waals surface area (Å²) in [5.41, 5.74) is 0. The summed E-state index contributed by atoms with van der Waals surface area (Å²) < 4.78 is 29.5. The van der Waals surface area contributed by atoms with Crippen LogP contribution in [-0.4, -0.2) is 11.8 Å². The zero-order chi connectivity index (χ0) is 12.8. The Morgan fingerprint density at radius 3 is 2.89 bits per heavy atom. The minimum Gasteiger partial charge on any atom is -0.464 e. The molecule has 0 saturated heterocycles. The summed E-state index contributed by atoms with van der Waals surface area (Å²) in [7, 11) is 0. The Morgan fingerprint density at radius 1 is 1.33 bits per heavy atom. The molecule has 0 saturated carbocycles. The normalized spacial score (nSPS) is 19.6. The van der Waals surface area contributed by atoms with Crippen molar-refractivity contribution in [1.29, 1.82) is 0 Å². The zero-order valence-electron chi connectivity index (χ0n) is 10.1. The van der Waals surface area contributed by atoms with E-state index in [1.165, 1.54) is 0 Å². The van der Waals surface area contributed by atoms with Crippen molar-refractivity contribution in [2.24, 2.45) is 0 Å². The predicted octanol–water partition coefficient (Wildman–Crippen LogP) is 3.93. The molecule has 1 aromatic heterocycles. The van der Waals surface area contributed by atoms with Crippen LogP contribution in [0.1, 0.15) is 30.8 Å². The first-order valence-electron chi connectivity index (χ1n) is 6.10. The number of hydrogen-bond acceptors (Lipinski definition) is 3. The summed E-state index contributed by atoms with van der Waals surface area (Å²) in [4.78, 5) is 0. The molecule has 1 aliphatic rings. The molecule has 0 amide bonds. The van der Waals surface area contributed by atoms with Gasteiger partial charge in [0.15, 0.2) is 0 Å². The van der Waals surface area contributed by atoms with Crippen LogP contribution in [-0.2, 0) is 12.3 Å². The number of halogens is 2. The van der Waals surface area contributed by atoms with E-state index < -0.39 is 5.76 Å². The van der Waals surface area contributed by atoms with Crippen LogP contribution >= 0.6 is 11.8 Å². The van der Waals surface area contributed by atoms with Gasteiger partial charge in [-0.2, -0.15) is 8.78 Å². The average molecular weight is 273 g/mol. The van der Waals surface area contributed by atoms with Gasteiger partial charge >= 0.3 is 0 Å². The van der Waals surface area contributed by atoms with E-state index >= 15 is 0 Å². The first-order chi connectivity index (χ1) is 8.74. The lowest BCUT2D eigenvalue weighted by Crippen LogP contribution is -2.28. The Morgan fingerprint density at radius 2 is 2.17 bits per heavy atom. The fraction of sp³-hybridized carbons (Fsp3) is 0.538. The number of furan rings is 1. The summed E-state index contributed by atoms with van der Waals surface area (Å²) in [6.07, 6.45) is 7.70. The van der Waals surface area contributed by atoms with Gasteiger partial charge in [0.1, 0.15) is 11.5 Å². The van der Waals surface area contributed by atoms with Gasteiger partial charge in [0, 0.05) is 6.04 Å². The molecular weight excluding hydrogens is 256 g/mol. The molecule has 0 spiro atoms. The molecule has 2 rings (SSSR count). The second-order valence-electron chi connectivity index (χ2n) is 4.30. The smallest absolute Gasteiger partial charge is 0.284 e. The molecule has 1 heterocycles. The number of nitrogens with one attached hydrogen (secondary N) is 1. The first kappa shape index (κ1) is 13.6. The Labute approximate surface area is 110 Å². The topological polar surface area (TPSA) is 25.2 Å². The van der Waals surface area contributed by atoms with Gasteiger partial charge in [-0.1, -0.05) is 23.9 Å². The highest BCUT2D eigenvalue weighted by Crippen LogP contribution is 2.21. The van der Waals surface area contributed by atoms with Crippen LogP contribution in [0.4, 0.5) is 8.78 Å². The highest BCUT2D eigenvalue weighted by atomic mass is 32.2. The Hall–Kier alpha value is -0.810. The summed E-state index contributed by atoms with van der Waals surface area (Å²) in [5, 5.41) is 3.42. The fourth-order valence-electron chi connectivity index (χ4n) is 1.96. The van der Waals surface area contributed by atoms with Gasteiger partial charge in [0.2, 0.25) is 0 Å². The van der Waals surface area contributed by atoms with Crippen LogP contribution in [0.5, 0.6) is 0 Å². The number of alkyl halides is 2. The van der Waals surface area contributed by atoms with E-state index in [1.54, 1.807) is 6.07 Å². The molecule has 0 aromatic carbocycles. The Bertz CT molecular complexity index is 392. The van der Waals surface area contributed by atoms with E-state index in [-0.39, 0.29) is 5.75 Å². The highest BCUT2D eigenvalue weighted by Gasteiger charge is 2.11. The molecule has 5 heteroatoms. The molecule has 0 radical (unpaired) electrons. The third-order valence-electron chi connectivity index (χ3n) is 2.90. The van der Waals surface area contributed by atoms with E-state index in [9.17, 15) is 8.78 Å². The van der Waals surface area contributed by atoms with E-state index in [1.807, 2.05) is 6.07 Å². The molecule has 0 bridgehead atoms. The molecule has 0 fully saturated rings. The Balaban J connectivity index is 1.74. The molecule has 1 aliphatic carbocycles. The van der Waals surface area contributed by atoms with Crippen LogP contribution in [0.3, 0.4) is 0 Å². The summed E-state index contributed by atoms with van der Waals surface area (Å²) in [6, 6.07) is 4.12. The minimum absolute atomic E-state index is 0.226. The van der Waals surface area contributed by atoms with Crippen molar-refractivity contribution in [2.75, 3.05) is 0 Å². The molecule has 0 aliphatic heterocycles. The standard InChI is InChI=1S/C13H17F2NOS/c14-13(15)18-9-12-7-6-11(17-12)8-16-10-4-2-1-3-5-10/h1-2,6-7,10,13,16H,3-5,8-9H2. The second-order valence-corrected chi connectivity index (χ2v) is 5.28. The number of allylic oxidation sites excluding steroid dienone is 1. The van der Waals surface area contributed by atoms with Crippen LogP contribution in [0.25, 0.3) is 0 Å². The molecule has 1 atom stereocenters. The van der Waals surface area contributed by atoms with E-state index in [4.69, 9.17) is 4.42 Å². The molecule has 1 aromatic rings. The molecule has 1 N–H and O–H groups in total. The summed E-state index contributed by atoms with van der Waals surface area (Å²) >= 11 is 0.587.